The largest absolute Gasteiger partial charge is 0.334 e. The molecule has 1 fully saturated rings. The van der Waals surface area contributed by atoms with Crippen molar-refractivity contribution in [2.45, 2.75) is 31.7 Å². The van der Waals surface area contributed by atoms with E-state index in [1.807, 2.05) is 23.9 Å². The number of amides is 1. The molecule has 0 saturated heterocycles. The topological polar surface area (TPSA) is 36.4 Å². The zero-order chi connectivity index (χ0) is 15.4. The highest BCUT2D eigenvalue weighted by atomic mass is 35.5. The van der Waals surface area contributed by atoms with Crippen molar-refractivity contribution < 1.29 is 9.18 Å². The molecule has 0 spiro atoms. The third-order valence-corrected chi connectivity index (χ3v) is 4.15. The quantitative estimate of drug-likeness (QED) is 0.784. The standard InChI is InChI=1S/C15H21ClFN3O/c1-19(2)7-8-20(12-5-3-4-6-12)15(21)13-9-11(17)10-18-14(13)16/h9-10,12H,3-8H2,1-2H3. The highest BCUT2D eigenvalue weighted by Crippen LogP contribution is 2.26. The van der Waals surface area contributed by atoms with Crippen molar-refractivity contribution in [1.82, 2.24) is 14.8 Å². The van der Waals surface area contributed by atoms with Gasteiger partial charge in [0, 0.05) is 19.1 Å². The maximum Gasteiger partial charge on any atom is 0.257 e. The summed E-state index contributed by atoms with van der Waals surface area (Å²) < 4.78 is 13.4. The van der Waals surface area contributed by atoms with Crippen LogP contribution in [0.4, 0.5) is 4.39 Å². The molecule has 0 bridgehead atoms. The number of carbonyl (C=O) groups is 1. The van der Waals surface area contributed by atoms with Crippen LogP contribution in [0.5, 0.6) is 0 Å². The van der Waals surface area contributed by atoms with E-state index in [0.717, 1.165) is 38.4 Å². The first kappa shape index (κ1) is 16.2. The van der Waals surface area contributed by atoms with Crippen molar-refractivity contribution in [3.63, 3.8) is 0 Å². The lowest BCUT2D eigenvalue weighted by atomic mass is 10.1. The molecule has 0 atom stereocenters. The van der Waals surface area contributed by atoms with Crippen LogP contribution in [-0.2, 0) is 0 Å². The molecule has 0 unspecified atom stereocenters. The molecule has 1 amide bonds. The van der Waals surface area contributed by atoms with E-state index in [0.29, 0.717) is 6.54 Å². The highest BCUT2D eigenvalue weighted by Gasteiger charge is 2.28. The van der Waals surface area contributed by atoms with Gasteiger partial charge in [0.1, 0.15) is 11.0 Å². The molecule has 1 aliphatic carbocycles. The van der Waals surface area contributed by atoms with Crippen molar-refractivity contribution in [3.8, 4) is 0 Å². The number of likely N-dealkylation sites (N-methyl/N-ethyl adjacent to an activating group) is 1. The molecule has 21 heavy (non-hydrogen) atoms. The van der Waals surface area contributed by atoms with Gasteiger partial charge in [-0.3, -0.25) is 4.79 Å². The molecular formula is C15H21ClFN3O. The zero-order valence-corrected chi connectivity index (χ0v) is 13.2. The van der Waals surface area contributed by atoms with Gasteiger partial charge in [-0.15, -0.1) is 0 Å². The number of rotatable bonds is 5. The lowest BCUT2D eigenvalue weighted by molar-refractivity contribution is 0.0667. The van der Waals surface area contributed by atoms with E-state index in [1.54, 1.807) is 0 Å². The number of aromatic nitrogens is 1. The molecule has 1 heterocycles. The first-order chi connectivity index (χ1) is 9.99. The Morgan fingerprint density at radius 1 is 1.38 bits per heavy atom. The number of halogens is 2. The van der Waals surface area contributed by atoms with E-state index in [-0.39, 0.29) is 22.7 Å². The Kier molecular flexibility index (Phi) is 5.53. The maximum atomic E-state index is 13.4. The number of carbonyl (C=O) groups excluding carboxylic acids is 1. The van der Waals surface area contributed by atoms with Gasteiger partial charge >= 0.3 is 0 Å². The van der Waals surface area contributed by atoms with Crippen molar-refractivity contribution in [3.05, 3.63) is 28.8 Å². The van der Waals surface area contributed by atoms with Gasteiger partial charge in [-0.1, -0.05) is 24.4 Å². The maximum absolute atomic E-state index is 13.4. The average Bonchev–Trinajstić information content (AvgIpc) is 2.95. The molecule has 0 aromatic carbocycles. The second-order valence-corrected chi connectivity index (χ2v) is 6.09. The number of hydrogen-bond acceptors (Lipinski definition) is 3. The summed E-state index contributed by atoms with van der Waals surface area (Å²) in [5, 5.41) is 0.0641. The molecule has 1 aliphatic rings. The summed E-state index contributed by atoms with van der Waals surface area (Å²) in [5.74, 6) is -0.762. The van der Waals surface area contributed by atoms with Crippen LogP contribution < -0.4 is 0 Å². The van der Waals surface area contributed by atoms with Crippen LogP contribution in [-0.4, -0.2) is 53.9 Å². The summed E-state index contributed by atoms with van der Waals surface area (Å²) in [5.41, 5.74) is 0.155. The molecule has 4 nitrogen and oxygen atoms in total. The van der Waals surface area contributed by atoms with E-state index in [2.05, 4.69) is 4.98 Å². The highest BCUT2D eigenvalue weighted by molar-refractivity contribution is 6.32. The van der Waals surface area contributed by atoms with Gasteiger partial charge in [0.15, 0.2) is 0 Å². The third-order valence-electron chi connectivity index (χ3n) is 3.85. The van der Waals surface area contributed by atoms with E-state index in [1.165, 1.54) is 6.07 Å². The summed E-state index contributed by atoms with van der Waals surface area (Å²) in [6, 6.07) is 1.40. The smallest absolute Gasteiger partial charge is 0.257 e. The first-order valence-corrected chi connectivity index (χ1v) is 7.63. The summed E-state index contributed by atoms with van der Waals surface area (Å²) >= 11 is 5.97. The Hall–Kier alpha value is -1.20. The third kappa shape index (κ3) is 4.14. The van der Waals surface area contributed by atoms with Crippen molar-refractivity contribution in [1.29, 1.82) is 0 Å². The lowest BCUT2D eigenvalue weighted by Crippen LogP contribution is -2.42. The van der Waals surface area contributed by atoms with Crippen molar-refractivity contribution in [2.75, 3.05) is 27.2 Å². The van der Waals surface area contributed by atoms with Crippen molar-refractivity contribution in [2.24, 2.45) is 0 Å². The van der Waals surface area contributed by atoms with Gasteiger partial charge in [0.05, 0.1) is 11.8 Å². The van der Waals surface area contributed by atoms with Gasteiger partial charge < -0.3 is 9.80 Å². The second-order valence-electron chi connectivity index (χ2n) is 5.73. The van der Waals surface area contributed by atoms with Gasteiger partial charge in [-0.25, -0.2) is 9.37 Å². The van der Waals surface area contributed by atoms with Gasteiger partial charge in [-0.2, -0.15) is 0 Å². The van der Waals surface area contributed by atoms with Crippen LogP contribution in [0.15, 0.2) is 12.3 Å². The minimum Gasteiger partial charge on any atom is -0.334 e. The number of pyridine rings is 1. The Labute approximate surface area is 129 Å². The van der Waals surface area contributed by atoms with Crippen molar-refractivity contribution >= 4 is 17.5 Å². The number of nitrogens with zero attached hydrogens (tertiary/aromatic N) is 3. The van der Waals surface area contributed by atoms with E-state index in [4.69, 9.17) is 11.6 Å². The fraction of sp³-hybridized carbons (Fsp3) is 0.600. The average molecular weight is 314 g/mol. The minimum absolute atomic E-state index is 0.0641. The molecule has 2 rings (SSSR count). The molecule has 0 N–H and O–H groups in total. The normalized spacial score (nSPS) is 15.7. The fourth-order valence-corrected chi connectivity index (χ4v) is 2.89. The van der Waals surface area contributed by atoms with Gasteiger partial charge in [-0.05, 0) is 33.0 Å². The summed E-state index contributed by atoms with van der Waals surface area (Å²) in [7, 11) is 3.93. The zero-order valence-electron chi connectivity index (χ0n) is 12.5. The van der Waals surface area contributed by atoms with E-state index >= 15 is 0 Å². The minimum atomic E-state index is -0.540. The molecular weight excluding hydrogens is 293 g/mol. The Morgan fingerprint density at radius 3 is 2.67 bits per heavy atom. The predicted octanol–water partition coefficient (Wildman–Crippen LogP) is 2.82. The molecule has 116 valence electrons. The van der Waals surface area contributed by atoms with E-state index in [9.17, 15) is 9.18 Å². The van der Waals surface area contributed by atoms with Gasteiger partial charge in [0.2, 0.25) is 0 Å². The lowest BCUT2D eigenvalue weighted by Gasteiger charge is -2.30. The molecule has 6 heteroatoms. The SMILES string of the molecule is CN(C)CCN(C(=O)c1cc(F)cnc1Cl)C1CCCC1. The second kappa shape index (κ2) is 7.18. The molecule has 1 aromatic heterocycles. The Bertz CT molecular complexity index is 504. The van der Waals surface area contributed by atoms with Crippen LogP contribution in [0.25, 0.3) is 0 Å². The molecule has 0 radical (unpaired) electrons. The Morgan fingerprint density at radius 2 is 2.05 bits per heavy atom. The van der Waals surface area contributed by atoms with E-state index < -0.39 is 5.82 Å². The summed E-state index contributed by atoms with van der Waals surface area (Å²) in [4.78, 5) is 20.3. The van der Waals surface area contributed by atoms with Crippen LogP contribution >= 0.6 is 11.6 Å². The molecule has 0 aliphatic heterocycles. The molecule has 1 aromatic rings. The van der Waals surface area contributed by atoms with Crippen LogP contribution in [0, 0.1) is 5.82 Å². The fourth-order valence-electron chi connectivity index (χ4n) is 2.70. The predicted molar refractivity (Wildman–Crippen MR) is 81.1 cm³/mol. The van der Waals surface area contributed by atoms with Crippen LogP contribution in [0.1, 0.15) is 36.0 Å². The number of hydrogen-bond donors (Lipinski definition) is 0. The summed E-state index contributed by atoms with van der Waals surface area (Å²) in [6.45, 7) is 1.38. The monoisotopic (exact) mass is 313 g/mol. The van der Waals surface area contributed by atoms with Crippen LogP contribution in [0.2, 0.25) is 5.15 Å². The molecule has 1 saturated carbocycles. The van der Waals surface area contributed by atoms with Gasteiger partial charge in [0.25, 0.3) is 5.91 Å². The summed E-state index contributed by atoms with van der Waals surface area (Å²) in [6.07, 6.45) is 5.29. The Balaban J connectivity index is 2.21. The first-order valence-electron chi connectivity index (χ1n) is 7.26. The van der Waals surface area contributed by atoms with Crippen LogP contribution in [0.3, 0.4) is 0 Å².